The number of benzene rings is 2. The number of halogens is 1. The van der Waals surface area contributed by atoms with Crippen LogP contribution in [-0.2, 0) is 6.54 Å². The predicted molar refractivity (Wildman–Crippen MR) is 105 cm³/mol. The van der Waals surface area contributed by atoms with Crippen molar-refractivity contribution in [1.82, 2.24) is 9.97 Å². The summed E-state index contributed by atoms with van der Waals surface area (Å²) in [5.41, 5.74) is 2.05. The predicted octanol–water partition coefficient (Wildman–Crippen LogP) is 5.29. The van der Waals surface area contributed by atoms with Crippen molar-refractivity contribution in [3.8, 4) is 0 Å². The molecular formula is C20H21ClN4. The van der Waals surface area contributed by atoms with Crippen LogP contribution in [-0.4, -0.2) is 16.0 Å². The molecule has 0 unspecified atom stereocenters. The first kappa shape index (κ1) is 17.2. The van der Waals surface area contributed by atoms with E-state index < -0.39 is 0 Å². The molecule has 0 saturated heterocycles. The lowest BCUT2D eigenvalue weighted by Gasteiger charge is -2.27. The van der Waals surface area contributed by atoms with E-state index in [1.807, 2.05) is 48.5 Å². The zero-order valence-corrected chi connectivity index (χ0v) is 15.1. The Morgan fingerprint density at radius 2 is 1.72 bits per heavy atom. The van der Waals surface area contributed by atoms with Crippen molar-refractivity contribution in [1.29, 1.82) is 0 Å². The molecule has 0 aliphatic carbocycles. The lowest BCUT2D eigenvalue weighted by atomic mass is 10.2. The molecule has 0 aliphatic heterocycles. The van der Waals surface area contributed by atoms with Gasteiger partial charge in [0.05, 0.1) is 10.7 Å². The Bertz CT molecular complexity index is 821. The van der Waals surface area contributed by atoms with Crippen LogP contribution in [0.25, 0.3) is 0 Å². The van der Waals surface area contributed by atoms with Crippen LogP contribution in [0.5, 0.6) is 0 Å². The number of nitrogens with zero attached hydrogens (tertiary/aromatic N) is 3. The van der Waals surface area contributed by atoms with Crippen molar-refractivity contribution in [2.75, 3.05) is 10.2 Å². The summed E-state index contributed by atoms with van der Waals surface area (Å²) in [5, 5.41) is 3.92. The smallest absolute Gasteiger partial charge is 0.227 e. The van der Waals surface area contributed by atoms with Crippen LogP contribution in [0.3, 0.4) is 0 Å². The summed E-state index contributed by atoms with van der Waals surface area (Å²) in [5.74, 6) is 1.41. The molecular weight excluding hydrogens is 332 g/mol. The molecule has 0 amide bonds. The van der Waals surface area contributed by atoms with Crippen LogP contribution in [0, 0.1) is 0 Å². The lowest BCUT2D eigenvalue weighted by molar-refractivity contribution is 0.661. The van der Waals surface area contributed by atoms with Gasteiger partial charge in [0.25, 0.3) is 0 Å². The minimum Gasteiger partial charge on any atom is -0.339 e. The Morgan fingerprint density at radius 1 is 1.00 bits per heavy atom. The van der Waals surface area contributed by atoms with Gasteiger partial charge < -0.3 is 10.2 Å². The van der Waals surface area contributed by atoms with E-state index in [2.05, 4.69) is 46.2 Å². The van der Waals surface area contributed by atoms with Gasteiger partial charge in [-0.05, 0) is 37.6 Å². The number of rotatable bonds is 6. The van der Waals surface area contributed by atoms with Gasteiger partial charge in [-0.15, -0.1) is 0 Å². The van der Waals surface area contributed by atoms with Gasteiger partial charge in [0.1, 0.15) is 5.82 Å². The molecule has 0 fully saturated rings. The maximum absolute atomic E-state index is 6.22. The van der Waals surface area contributed by atoms with Crippen LogP contribution in [0.1, 0.15) is 19.4 Å². The molecule has 0 spiro atoms. The minimum atomic E-state index is 0.274. The number of aromatic nitrogens is 2. The zero-order valence-electron chi connectivity index (χ0n) is 14.4. The molecule has 3 rings (SSSR count). The molecule has 2 aromatic carbocycles. The highest BCUT2D eigenvalue weighted by molar-refractivity contribution is 6.33. The number of hydrogen-bond acceptors (Lipinski definition) is 4. The summed E-state index contributed by atoms with van der Waals surface area (Å²) in [4.78, 5) is 11.3. The number of hydrogen-bond donors (Lipinski definition) is 1. The van der Waals surface area contributed by atoms with E-state index in [-0.39, 0.29) is 6.04 Å². The first-order valence-electron chi connectivity index (χ1n) is 8.28. The zero-order chi connectivity index (χ0) is 17.6. The second-order valence-electron chi connectivity index (χ2n) is 6.05. The third-order valence-corrected chi connectivity index (χ3v) is 4.19. The molecule has 128 valence electrons. The normalized spacial score (nSPS) is 10.7. The lowest BCUT2D eigenvalue weighted by Crippen LogP contribution is -2.31. The second-order valence-corrected chi connectivity index (χ2v) is 6.46. The molecule has 1 aromatic heterocycles. The van der Waals surface area contributed by atoms with Crippen LogP contribution in [0.2, 0.25) is 5.02 Å². The molecule has 0 atom stereocenters. The third-order valence-electron chi connectivity index (χ3n) is 3.86. The van der Waals surface area contributed by atoms with Crippen molar-refractivity contribution < 1.29 is 0 Å². The van der Waals surface area contributed by atoms with E-state index >= 15 is 0 Å². The Labute approximate surface area is 153 Å². The Kier molecular flexibility index (Phi) is 5.51. The molecule has 3 aromatic rings. The van der Waals surface area contributed by atoms with Gasteiger partial charge in [-0.3, -0.25) is 0 Å². The fourth-order valence-corrected chi connectivity index (χ4v) is 2.70. The maximum atomic E-state index is 6.22. The van der Waals surface area contributed by atoms with Gasteiger partial charge in [-0.25, -0.2) is 4.98 Å². The Morgan fingerprint density at radius 3 is 2.44 bits per heavy atom. The quantitative estimate of drug-likeness (QED) is 0.654. The van der Waals surface area contributed by atoms with Gasteiger partial charge in [0.2, 0.25) is 5.95 Å². The summed E-state index contributed by atoms with van der Waals surface area (Å²) in [6, 6.07) is 20.1. The molecule has 4 nitrogen and oxygen atoms in total. The van der Waals surface area contributed by atoms with E-state index in [1.165, 1.54) is 5.56 Å². The molecule has 25 heavy (non-hydrogen) atoms. The molecule has 0 aliphatic rings. The van der Waals surface area contributed by atoms with Crippen molar-refractivity contribution in [2.45, 2.75) is 26.4 Å². The SMILES string of the molecule is CC(C)N(Cc1ccccc1)c1nccc(Nc2ccccc2Cl)n1. The van der Waals surface area contributed by atoms with Crippen LogP contribution < -0.4 is 10.2 Å². The van der Waals surface area contributed by atoms with Gasteiger partial charge >= 0.3 is 0 Å². The van der Waals surface area contributed by atoms with E-state index in [1.54, 1.807) is 6.20 Å². The molecule has 0 bridgehead atoms. The highest BCUT2D eigenvalue weighted by Crippen LogP contribution is 2.25. The van der Waals surface area contributed by atoms with E-state index in [4.69, 9.17) is 11.6 Å². The summed E-state index contributed by atoms with van der Waals surface area (Å²) in [7, 11) is 0. The topological polar surface area (TPSA) is 41.1 Å². The third kappa shape index (κ3) is 4.48. The Balaban J connectivity index is 1.84. The number of para-hydroxylation sites is 1. The first-order valence-corrected chi connectivity index (χ1v) is 8.66. The van der Waals surface area contributed by atoms with Gasteiger partial charge in [-0.1, -0.05) is 54.1 Å². The monoisotopic (exact) mass is 352 g/mol. The number of anilines is 3. The summed E-state index contributed by atoms with van der Waals surface area (Å²) < 4.78 is 0. The number of nitrogens with one attached hydrogen (secondary N) is 1. The van der Waals surface area contributed by atoms with E-state index in [9.17, 15) is 0 Å². The van der Waals surface area contributed by atoms with E-state index in [0.29, 0.717) is 11.0 Å². The highest BCUT2D eigenvalue weighted by Gasteiger charge is 2.15. The van der Waals surface area contributed by atoms with Crippen molar-refractivity contribution in [3.05, 3.63) is 77.4 Å². The summed E-state index contributed by atoms with van der Waals surface area (Å²) in [6.45, 7) is 5.04. The molecule has 0 radical (unpaired) electrons. The van der Waals surface area contributed by atoms with Gasteiger partial charge in [-0.2, -0.15) is 4.98 Å². The first-order chi connectivity index (χ1) is 12.1. The fourth-order valence-electron chi connectivity index (χ4n) is 2.52. The second kappa shape index (κ2) is 7.99. The van der Waals surface area contributed by atoms with E-state index in [0.717, 1.165) is 18.1 Å². The summed E-state index contributed by atoms with van der Waals surface area (Å²) in [6.07, 6.45) is 1.77. The van der Waals surface area contributed by atoms with Crippen molar-refractivity contribution in [2.24, 2.45) is 0 Å². The van der Waals surface area contributed by atoms with Gasteiger partial charge in [0, 0.05) is 18.8 Å². The van der Waals surface area contributed by atoms with Crippen molar-refractivity contribution >= 4 is 29.1 Å². The largest absolute Gasteiger partial charge is 0.339 e. The van der Waals surface area contributed by atoms with Crippen LogP contribution >= 0.6 is 11.6 Å². The summed E-state index contributed by atoms with van der Waals surface area (Å²) >= 11 is 6.22. The average Bonchev–Trinajstić information content (AvgIpc) is 2.62. The van der Waals surface area contributed by atoms with Crippen LogP contribution in [0.15, 0.2) is 66.9 Å². The fraction of sp³-hybridized carbons (Fsp3) is 0.200. The molecule has 1 heterocycles. The maximum Gasteiger partial charge on any atom is 0.227 e. The standard InChI is InChI=1S/C20H21ClN4/c1-15(2)25(14-16-8-4-3-5-9-16)20-22-13-12-19(24-20)23-18-11-7-6-10-17(18)21/h3-13,15H,14H2,1-2H3,(H,22,23,24). The molecule has 5 heteroatoms. The van der Waals surface area contributed by atoms with Crippen LogP contribution in [0.4, 0.5) is 17.5 Å². The Hall–Kier alpha value is -2.59. The minimum absolute atomic E-state index is 0.274. The molecule has 0 saturated carbocycles. The van der Waals surface area contributed by atoms with Crippen molar-refractivity contribution in [3.63, 3.8) is 0 Å². The average molecular weight is 353 g/mol. The van der Waals surface area contributed by atoms with Gasteiger partial charge in [0.15, 0.2) is 0 Å². The molecule has 1 N–H and O–H groups in total. The highest BCUT2D eigenvalue weighted by atomic mass is 35.5.